The minimum atomic E-state index is 0.119. The Hall–Kier alpha value is -2.14. The van der Waals surface area contributed by atoms with E-state index in [9.17, 15) is 4.79 Å². The van der Waals surface area contributed by atoms with E-state index in [4.69, 9.17) is 0 Å². The number of carbonyl (C=O) groups is 1. The van der Waals surface area contributed by atoms with Crippen LogP contribution in [0.3, 0.4) is 0 Å². The molecule has 0 spiro atoms. The van der Waals surface area contributed by atoms with Gasteiger partial charge < -0.3 is 10.2 Å². The van der Waals surface area contributed by atoms with Crippen LogP contribution in [0.5, 0.6) is 0 Å². The van der Waals surface area contributed by atoms with Gasteiger partial charge in [0.15, 0.2) is 0 Å². The van der Waals surface area contributed by atoms with Gasteiger partial charge in [-0.25, -0.2) is 0 Å². The van der Waals surface area contributed by atoms with Gasteiger partial charge in [0.2, 0.25) is 5.91 Å². The third kappa shape index (κ3) is 5.20. The summed E-state index contributed by atoms with van der Waals surface area (Å²) in [5.74, 6) is 0.697. The second-order valence-corrected chi connectivity index (χ2v) is 6.51. The standard InChI is InChI=1S/C19H26N4O/c24-19(9-14-23-11-4-10-21-23)20-15-18-8-13-22(16-18)12-7-17-5-2-1-3-6-17/h1-6,10-11,18H,7-9,12-16H2,(H,20,24). The maximum atomic E-state index is 11.9. The van der Waals surface area contributed by atoms with Crippen LogP contribution in [-0.2, 0) is 17.8 Å². The number of nitrogens with one attached hydrogen (secondary N) is 1. The maximum absolute atomic E-state index is 11.9. The first-order chi connectivity index (χ1) is 11.8. The molecule has 1 fully saturated rings. The van der Waals surface area contributed by atoms with Crippen molar-refractivity contribution in [3.05, 3.63) is 54.4 Å². The fourth-order valence-electron chi connectivity index (χ4n) is 3.21. The maximum Gasteiger partial charge on any atom is 0.221 e. The lowest BCUT2D eigenvalue weighted by molar-refractivity contribution is -0.121. The number of likely N-dealkylation sites (tertiary alicyclic amines) is 1. The van der Waals surface area contributed by atoms with Crippen LogP contribution < -0.4 is 5.32 Å². The van der Waals surface area contributed by atoms with Gasteiger partial charge >= 0.3 is 0 Å². The third-order valence-corrected chi connectivity index (χ3v) is 4.64. The molecule has 5 nitrogen and oxygen atoms in total. The monoisotopic (exact) mass is 326 g/mol. The number of aromatic nitrogens is 2. The fourth-order valence-corrected chi connectivity index (χ4v) is 3.21. The average Bonchev–Trinajstić information content (AvgIpc) is 3.29. The lowest BCUT2D eigenvalue weighted by Gasteiger charge is -2.16. The zero-order valence-corrected chi connectivity index (χ0v) is 14.1. The topological polar surface area (TPSA) is 50.2 Å². The van der Waals surface area contributed by atoms with E-state index in [1.165, 1.54) is 12.0 Å². The predicted molar refractivity (Wildman–Crippen MR) is 94.5 cm³/mol. The Morgan fingerprint density at radius 3 is 2.88 bits per heavy atom. The number of hydrogen-bond donors (Lipinski definition) is 1. The Labute approximate surface area is 143 Å². The molecule has 0 saturated carbocycles. The molecule has 1 aromatic carbocycles. The van der Waals surface area contributed by atoms with Crippen LogP contribution in [-0.4, -0.2) is 46.8 Å². The van der Waals surface area contributed by atoms with Crippen molar-refractivity contribution in [3.63, 3.8) is 0 Å². The number of hydrogen-bond acceptors (Lipinski definition) is 3. The zero-order chi connectivity index (χ0) is 16.6. The molecule has 2 aromatic rings. The Kier molecular flexibility index (Phi) is 6.01. The van der Waals surface area contributed by atoms with E-state index in [1.54, 1.807) is 10.9 Å². The van der Waals surface area contributed by atoms with Crippen molar-refractivity contribution >= 4 is 5.91 Å². The molecule has 1 aliphatic rings. The molecule has 2 heterocycles. The second-order valence-electron chi connectivity index (χ2n) is 6.51. The number of carbonyl (C=O) groups excluding carboxylic acids is 1. The summed E-state index contributed by atoms with van der Waals surface area (Å²) in [7, 11) is 0. The summed E-state index contributed by atoms with van der Waals surface area (Å²) in [6.45, 7) is 4.77. The van der Waals surface area contributed by atoms with Gasteiger partial charge in [-0.1, -0.05) is 30.3 Å². The first-order valence-corrected chi connectivity index (χ1v) is 8.80. The number of benzene rings is 1. The lowest BCUT2D eigenvalue weighted by atomic mass is 10.1. The first-order valence-electron chi connectivity index (χ1n) is 8.80. The van der Waals surface area contributed by atoms with Crippen molar-refractivity contribution in [1.82, 2.24) is 20.0 Å². The van der Waals surface area contributed by atoms with Gasteiger partial charge in [-0.2, -0.15) is 5.10 Å². The molecule has 1 unspecified atom stereocenters. The van der Waals surface area contributed by atoms with Crippen LogP contribution in [0.1, 0.15) is 18.4 Å². The molecular weight excluding hydrogens is 300 g/mol. The quantitative estimate of drug-likeness (QED) is 0.807. The van der Waals surface area contributed by atoms with Gasteiger partial charge in [0.05, 0.1) is 0 Å². The Bertz CT molecular complexity index is 612. The molecule has 24 heavy (non-hydrogen) atoms. The summed E-state index contributed by atoms with van der Waals surface area (Å²) in [6, 6.07) is 12.5. The van der Waals surface area contributed by atoms with E-state index in [0.717, 1.165) is 32.6 Å². The van der Waals surface area contributed by atoms with Crippen LogP contribution in [0.4, 0.5) is 0 Å². The molecular formula is C19H26N4O. The predicted octanol–water partition coefficient (Wildman–Crippen LogP) is 1.95. The highest BCUT2D eigenvalue weighted by atomic mass is 16.1. The first kappa shape index (κ1) is 16.7. The molecule has 128 valence electrons. The Balaban J connectivity index is 1.30. The SMILES string of the molecule is O=C(CCn1cccn1)NCC1CCN(CCc2ccccc2)C1. The fraction of sp³-hybridized carbons (Fsp3) is 0.474. The Morgan fingerprint density at radius 1 is 1.21 bits per heavy atom. The van der Waals surface area contributed by atoms with Crippen LogP contribution in [0.2, 0.25) is 0 Å². The van der Waals surface area contributed by atoms with Crippen LogP contribution >= 0.6 is 0 Å². The van der Waals surface area contributed by atoms with Gasteiger partial charge in [-0.15, -0.1) is 0 Å². The van der Waals surface area contributed by atoms with E-state index in [0.29, 0.717) is 18.9 Å². The van der Waals surface area contributed by atoms with E-state index in [-0.39, 0.29) is 5.91 Å². The molecule has 3 rings (SSSR count). The molecule has 1 aliphatic heterocycles. The van der Waals surface area contributed by atoms with Crippen molar-refractivity contribution in [1.29, 1.82) is 0 Å². The molecule has 1 aromatic heterocycles. The number of nitrogens with zero attached hydrogens (tertiary/aromatic N) is 3. The van der Waals surface area contributed by atoms with Gasteiger partial charge in [0.25, 0.3) is 0 Å². The number of aryl methyl sites for hydroxylation is 1. The minimum Gasteiger partial charge on any atom is -0.356 e. The van der Waals surface area contributed by atoms with Crippen molar-refractivity contribution in [2.45, 2.75) is 25.8 Å². The minimum absolute atomic E-state index is 0.119. The summed E-state index contributed by atoms with van der Waals surface area (Å²) in [5.41, 5.74) is 1.40. The highest BCUT2D eigenvalue weighted by molar-refractivity contribution is 5.75. The van der Waals surface area contributed by atoms with Crippen molar-refractivity contribution in [2.75, 3.05) is 26.2 Å². The molecule has 1 atom stereocenters. The summed E-state index contributed by atoms with van der Waals surface area (Å²) < 4.78 is 1.79. The number of rotatable bonds is 8. The van der Waals surface area contributed by atoms with Crippen molar-refractivity contribution < 1.29 is 4.79 Å². The van der Waals surface area contributed by atoms with Gasteiger partial charge in [0.1, 0.15) is 0 Å². The van der Waals surface area contributed by atoms with Crippen molar-refractivity contribution in [3.8, 4) is 0 Å². The molecule has 5 heteroatoms. The molecule has 1 amide bonds. The van der Waals surface area contributed by atoms with Gasteiger partial charge in [-0.3, -0.25) is 9.48 Å². The molecule has 1 N–H and O–H groups in total. The summed E-state index contributed by atoms with van der Waals surface area (Å²) >= 11 is 0. The smallest absolute Gasteiger partial charge is 0.221 e. The summed E-state index contributed by atoms with van der Waals surface area (Å²) in [5, 5.41) is 7.19. The zero-order valence-electron chi connectivity index (χ0n) is 14.1. The molecule has 0 bridgehead atoms. The second kappa shape index (κ2) is 8.64. The van der Waals surface area contributed by atoms with E-state index < -0.39 is 0 Å². The van der Waals surface area contributed by atoms with E-state index in [2.05, 4.69) is 45.6 Å². The van der Waals surface area contributed by atoms with Crippen molar-refractivity contribution in [2.24, 2.45) is 5.92 Å². The summed E-state index contributed by atoms with van der Waals surface area (Å²) in [6.07, 6.45) is 6.39. The van der Waals surface area contributed by atoms with Crippen LogP contribution in [0.25, 0.3) is 0 Å². The van der Waals surface area contributed by atoms with Gasteiger partial charge in [0, 0.05) is 45.0 Å². The normalized spacial score (nSPS) is 17.9. The largest absolute Gasteiger partial charge is 0.356 e. The van der Waals surface area contributed by atoms with E-state index >= 15 is 0 Å². The third-order valence-electron chi connectivity index (χ3n) is 4.64. The highest BCUT2D eigenvalue weighted by Gasteiger charge is 2.22. The van der Waals surface area contributed by atoms with Crippen LogP contribution in [0, 0.1) is 5.92 Å². The lowest BCUT2D eigenvalue weighted by Crippen LogP contribution is -2.32. The molecule has 0 radical (unpaired) electrons. The number of amides is 1. The molecule has 0 aliphatic carbocycles. The Morgan fingerprint density at radius 2 is 2.08 bits per heavy atom. The van der Waals surface area contributed by atoms with Crippen LogP contribution in [0.15, 0.2) is 48.8 Å². The van der Waals surface area contributed by atoms with E-state index in [1.807, 2.05) is 12.3 Å². The highest BCUT2D eigenvalue weighted by Crippen LogP contribution is 2.16. The van der Waals surface area contributed by atoms with Gasteiger partial charge in [-0.05, 0) is 36.9 Å². The average molecular weight is 326 g/mol. The molecule has 1 saturated heterocycles. The summed E-state index contributed by atoms with van der Waals surface area (Å²) in [4.78, 5) is 14.4.